The summed E-state index contributed by atoms with van der Waals surface area (Å²) in [4.78, 5) is 8.20. The van der Waals surface area contributed by atoms with Crippen molar-refractivity contribution in [2.24, 2.45) is 4.99 Å². The molecule has 0 radical (unpaired) electrons. The molecule has 2 heterocycles. The molecule has 3 aromatic carbocycles. The van der Waals surface area contributed by atoms with Crippen molar-refractivity contribution in [3.8, 4) is 28.0 Å². The Balaban J connectivity index is 0.000000158. The van der Waals surface area contributed by atoms with Crippen LogP contribution in [0.3, 0.4) is 0 Å². The SMILES string of the molecule is C1=CN=CC(OC2c3ccccc3-c3ccccc32)C=C1.COc1ccccc1-c1ccncc1. The molecule has 35 heavy (non-hydrogen) atoms. The molecule has 1 aromatic heterocycles. The van der Waals surface area contributed by atoms with Crippen molar-refractivity contribution >= 4 is 6.21 Å². The predicted molar refractivity (Wildman–Crippen MR) is 142 cm³/mol. The topological polar surface area (TPSA) is 43.7 Å². The first-order chi connectivity index (χ1) is 17.3. The van der Waals surface area contributed by atoms with E-state index < -0.39 is 0 Å². The van der Waals surface area contributed by atoms with Crippen LogP contribution in [-0.2, 0) is 4.74 Å². The van der Waals surface area contributed by atoms with Crippen molar-refractivity contribution in [1.29, 1.82) is 0 Å². The van der Waals surface area contributed by atoms with E-state index in [2.05, 4.69) is 58.5 Å². The maximum absolute atomic E-state index is 6.31. The third-order valence-corrected chi connectivity index (χ3v) is 5.99. The van der Waals surface area contributed by atoms with E-state index in [1.165, 1.54) is 22.3 Å². The zero-order chi connectivity index (χ0) is 23.9. The Hall–Kier alpha value is -4.28. The normalized spacial score (nSPS) is 15.5. The van der Waals surface area contributed by atoms with Crippen LogP contribution in [0.2, 0.25) is 0 Å². The minimum atomic E-state index is -0.107. The molecule has 0 saturated heterocycles. The lowest BCUT2D eigenvalue weighted by Gasteiger charge is -2.18. The minimum Gasteiger partial charge on any atom is -0.496 e. The lowest BCUT2D eigenvalue weighted by molar-refractivity contribution is 0.0779. The molecular weight excluding hydrogens is 432 g/mol. The third kappa shape index (κ3) is 4.98. The molecule has 0 bridgehead atoms. The molecule has 1 aliphatic carbocycles. The number of aromatic nitrogens is 1. The van der Waals surface area contributed by atoms with E-state index in [9.17, 15) is 0 Å². The van der Waals surface area contributed by atoms with Crippen molar-refractivity contribution < 1.29 is 9.47 Å². The Labute approximate surface area is 205 Å². The number of pyridine rings is 1. The van der Waals surface area contributed by atoms with Crippen molar-refractivity contribution in [2.75, 3.05) is 7.11 Å². The van der Waals surface area contributed by atoms with Crippen molar-refractivity contribution in [2.45, 2.75) is 12.2 Å². The summed E-state index contributed by atoms with van der Waals surface area (Å²) < 4.78 is 11.6. The molecule has 0 fully saturated rings. The Bertz CT molecular complexity index is 1310. The summed E-state index contributed by atoms with van der Waals surface area (Å²) in [6.07, 6.45) is 12.9. The van der Waals surface area contributed by atoms with Crippen LogP contribution in [0.15, 0.2) is 127 Å². The Kier molecular flexibility index (Phi) is 6.92. The first kappa shape index (κ1) is 22.5. The van der Waals surface area contributed by atoms with Crippen LogP contribution in [-0.4, -0.2) is 24.4 Å². The number of hydrogen-bond donors (Lipinski definition) is 0. The molecule has 4 heteroatoms. The van der Waals surface area contributed by atoms with E-state index in [1.807, 2.05) is 60.8 Å². The lowest BCUT2D eigenvalue weighted by Crippen LogP contribution is -2.15. The molecule has 0 N–H and O–H groups in total. The van der Waals surface area contributed by atoms with Gasteiger partial charge in [-0.15, -0.1) is 0 Å². The van der Waals surface area contributed by atoms with E-state index in [0.29, 0.717) is 0 Å². The van der Waals surface area contributed by atoms with Gasteiger partial charge in [0.05, 0.1) is 7.11 Å². The summed E-state index contributed by atoms with van der Waals surface area (Å²) in [7, 11) is 1.68. The highest BCUT2D eigenvalue weighted by molar-refractivity contribution is 5.78. The van der Waals surface area contributed by atoms with Crippen LogP contribution >= 0.6 is 0 Å². The van der Waals surface area contributed by atoms with Gasteiger partial charge in [-0.1, -0.05) is 78.9 Å². The number of methoxy groups -OCH3 is 1. The zero-order valence-electron chi connectivity index (χ0n) is 19.5. The maximum atomic E-state index is 6.31. The summed E-state index contributed by atoms with van der Waals surface area (Å²) in [5.74, 6) is 0.888. The van der Waals surface area contributed by atoms with Crippen LogP contribution in [0.25, 0.3) is 22.3 Å². The van der Waals surface area contributed by atoms with Gasteiger partial charge >= 0.3 is 0 Å². The van der Waals surface area contributed by atoms with Crippen molar-refractivity contribution in [3.63, 3.8) is 0 Å². The van der Waals surface area contributed by atoms with E-state index in [-0.39, 0.29) is 12.2 Å². The highest BCUT2D eigenvalue weighted by atomic mass is 16.5. The fraction of sp³-hybridized carbons (Fsp3) is 0.0968. The van der Waals surface area contributed by atoms with Crippen molar-refractivity contribution in [1.82, 2.24) is 4.98 Å². The first-order valence-corrected chi connectivity index (χ1v) is 11.6. The molecule has 0 saturated carbocycles. The molecule has 4 nitrogen and oxygen atoms in total. The van der Waals surface area contributed by atoms with Gasteiger partial charge < -0.3 is 9.47 Å². The van der Waals surface area contributed by atoms with Gasteiger partial charge in [0.15, 0.2) is 0 Å². The maximum Gasteiger partial charge on any atom is 0.126 e. The summed E-state index contributed by atoms with van der Waals surface area (Å²) in [5, 5.41) is 0. The molecular formula is C31H26N2O2. The van der Waals surface area contributed by atoms with Gasteiger partial charge in [-0.2, -0.15) is 0 Å². The number of hydrogen-bond acceptors (Lipinski definition) is 4. The van der Waals surface area contributed by atoms with Gasteiger partial charge in [-0.25, -0.2) is 0 Å². The number of nitrogens with zero attached hydrogens (tertiary/aromatic N) is 2. The fourth-order valence-electron chi connectivity index (χ4n) is 4.37. The highest BCUT2D eigenvalue weighted by Gasteiger charge is 2.30. The standard InChI is InChI=1S/C19H15NO.C12H11NO/c1-3-10-17-15(8-1)16-9-2-4-11-18(16)19(17)21-14-7-5-6-12-20-13-14;1-14-12-5-3-2-4-11(12)10-6-8-13-9-7-10/h1-14,19H;2-9H,1H3. The molecule has 2 aliphatic rings. The molecule has 0 amide bonds. The predicted octanol–water partition coefficient (Wildman–Crippen LogP) is 7.05. The van der Waals surface area contributed by atoms with E-state index >= 15 is 0 Å². The number of allylic oxidation sites excluding steroid dienone is 2. The average Bonchev–Trinajstić information content (AvgIpc) is 3.06. The molecule has 0 spiro atoms. The van der Waals surface area contributed by atoms with Gasteiger partial charge in [0.1, 0.15) is 18.0 Å². The van der Waals surface area contributed by atoms with Crippen LogP contribution in [0.4, 0.5) is 0 Å². The summed E-state index contributed by atoms with van der Waals surface area (Å²) in [5.41, 5.74) is 7.22. The van der Waals surface area contributed by atoms with Crippen LogP contribution in [0, 0.1) is 0 Å². The summed E-state index contributed by atoms with van der Waals surface area (Å²) in [6.45, 7) is 0. The van der Waals surface area contributed by atoms with E-state index in [4.69, 9.17) is 9.47 Å². The second-order valence-electron chi connectivity index (χ2n) is 8.12. The Morgan fingerprint density at radius 3 is 2.00 bits per heavy atom. The number of fused-ring (bicyclic) bond motifs is 3. The summed E-state index contributed by atoms with van der Waals surface area (Å²) >= 11 is 0. The fourth-order valence-corrected chi connectivity index (χ4v) is 4.37. The molecule has 172 valence electrons. The highest BCUT2D eigenvalue weighted by Crippen LogP contribution is 2.45. The first-order valence-electron chi connectivity index (χ1n) is 11.6. The number of para-hydroxylation sites is 1. The Morgan fingerprint density at radius 1 is 0.686 bits per heavy atom. The minimum absolute atomic E-state index is 0.0309. The molecule has 4 aromatic rings. The number of benzene rings is 3. The average molecular weight is 459 g/mol. The van der Waals surface area contributed by atoms with E-state index in [0.717, 1.165) is 16.9 Å². The van der Waals surface area contributed by atoms with Crippen LogP contribution in [0.5, 0.6) is 5.75 Å². The molecule has 6 rings (SSSR count). The molecule has 1 unspecified atom stereocenters. The Morgan fingerprint density at radius 2 is 1.31 bits per heavy atom. The van der Waals surface area contributed by atoms with Gasteiger partial charge in [-0.3, -0.25) is 9.98 Å². The number of rotatable bonds is 4. The number of ether oxygens (including phenoxy) is 2. The molecule has 1 atom stereocenters. The summed E-state index contributed by atoms with van der Waals surface area (Å²) in [6, 6.07) is 28.8. The lowest BCUT2D eigenvalue weighted by atomic mass is 10.1. The van der Waals surface area contributed by atoms with Crippen LogP contribution in [0.1, 0.15) is 17.2 Å². The van der Waals surface area contributed by atoms with Gasteiger partial charge in [0.25, 0.3) is 0 Å². The smallest absolute Gasteiger partial charge is 0.126 e. The number of aliphatic imine (C=N–C) groups is 1. The monoisotopic (exact) mass is 458 g/mol. The third-order valence-electron chi connectivity index (χ3n) is 5.99. The van der Waals surface area contributed by atoms with Gasteiger partial charge in [-0.05, 0) is 52.1 Å². The second kappa shape index (κ2) is 10.8. The van der Waals surface area contributed by atoms with Gasteiger partial charge in [0.2, 0.25) is 0 Å². The zero-order valence-corrected chi connectivity index (χ0v) is 19.5. The largest absolute Gasteiger partial charge is 0.496 e. The van der Waals surface area contributed by atoms with Crippen molar-refractivity contribution in [3.05, 3.63) is 133 Å². The van der Waals surface area contributed by atoms with Gasteiger partial charge in [0, 0.05) is 30.4 Å². The quantitative estimate of drug-likeness (QED) is 0.329. The molecule has 1 aliphatic heterocycles. The van der Waals surface area contributed by atoms with Crippen LogP contribution < -0.4 is 4.74 Å². The second-order valence-corrected chi connectivity index (χ2v) is 8.12. The van der Waals surface area contributed by atoms with E-state index in [1.54, 1.807) is 25.7 Å².